The van der Waals surface area contributed by atoms with Crippen molar-refractivity contribution in [2.24, 2.45) is 5.73 Å². The molecule has 0 saturated carbocycles. The van der Waals surface area contributed by atoms with E-state index < -0.39 is 0 Å². The van der Waals surface area contributed by atoms with Gasteiger partial charge in [0.1, 0.15) is 12.1 Å². The largest absolute Gasteiger partial charge is 0.447 e. The number of nitrogens with one attached hydrogen (secondary N) is 1. The van der Waals surface area contributed by atoms with Crippen molar-refractivity contribution >= 4 is 16.9 Å². The maximum absolute atomic E-state index is 12.4. The fourth-order valence-corrected chi connectivity index (χ4v) is 2.43. The van der Waals surface area contributed by atoms with Crippen LogP contribution in [0.2, 0.25) is 0 Å². The maximum Gasteiger partial charge on any atom is 0.275 e. The number of carbonyl (C=O) groups excluding carboxylic acids is 1. The molecule has 7 heteroatoms. The van der Waals surface area contributed by atoms with Crippen LogP contribution in [0.25, 0.3) is 11.0 Å². The van der Waals surface area contributed by atoms with Gasteiger partial charge < -0.3 is 20.0 Å². The lowest BCUT2D eigenvalue weighted by molar-refractivity contribution is 0.0759. The number of likely N-dealkylation sites (N-methyl/N-ethyl adjacent to an activating group) is 1. The highest BCUT2D eigenvalue weighted by atomic mass is 16.3. The van der Waals surface area contributed by atoms with Gasteiger partial charge in [-0.1, -0.05) is 12.1 Å². The van der Waals surface area contributed by atoms with E-state index in [0.717, 1.165) is 16.9 Å². The van der Waals surface area contributed by atoms with E-state index in [4.69, 9.17) is 10.2 Å². The third-order valence-electron chi connectivity index (χ3n) is 3.67. The number of nitrogens with zero attached hydrogens (tertiary/aromatic N) is 3. The molecule has 0 unspecified atom stereocenters. The lowest BCUT2D eigenvalue weighted by Crippen LogP contribution is -2.33. The Hall–Kier alpha value is -2.67. The molecule has 2 heterocycles. The molecule has 1 aromatic carbocycles. The average Bonchev–Trinajstić information content (AvgIpc) is 3.21. The number of H-pyrrole nitrogens is 1. The summed E-state index contributed by atoms with van der Waals surface area (Å²) in [5.41, 5.74) is 7.67. The summed E-state index contributed by atoms with van der Waals surface area (Å²) in [7, 11) is 0. The number of fused-ring (bicyclic) bond motifs is 1. The van der Waals surface area contributed by atoms with Gasteiger partial charge in [0, 0.05) is 19.5 Å². The fraction of sp³-hybridized carbons (Fsp3) is 0.312. The van der Waals surface area contributed by atoms with E-state index in [0.29, 0.717) is 25.4 Å². The Morgan fingerprint density at radius 2 is 2.17 bits per heavy atom. The Labute approximate surface area is 133 Å². The Bertz CT molecular complexity index is 775. The zero-order valence-corrected chi connectivity index (χ0v) is 13.0. The number of aromatic nitrogens is 3. The van der Waals surface area contributed by atoms with Crippen molar-refractivity contribution in [1.29, 1.82) is 0 Å². The first-order chi connectivity index (χ1) is 11.2. The summed E-state index contributed by atoms with van der Waals surface area (Å²) in [5.74, 6) is 1.06. The SMILES string of the molecule is CCN(CCc1nc2ccccc2[nH]1)C(=O)c1coc(CN)n1. The van der Waals surface area contributed by atoms with Crippen LogP contribution in [0.4, 0.5) is 0 Å². The molecule has 2 aromatic heterocycles. The number of nitrogens with two attached hydrogens (primary N) is 1. The lowest BCUT2D eigenvalue weighted by atomic mass is 10.3. The Morgan fingerprint density at radius 3 is 2.87 bits per heavy atom. The zero-order chi connectivity index (χ0) is 16.2. The average molecular weight is 313 g/mol. The fourth-order valence-electron chi connectivity index (χ4n) is 2.43. The summed E-state index contributed by atoms with van der Waals surface area (Å²) < 4.78 is 5.13. The summed E-state index contributed by atoms with van der Waals surface area (Å²) in [4.78, 5) is 26.0. The van der Waals surface area contributed by atoms with Crippen LogP contribution in [-0.2, 0) is 13.0 Å². The normalized spacial score (nSPS) is 11.0. The van der Waals surface area contributed by atoms with E-state index >= 15 is 0 Å². The third-order valence-corrected chi connectivity index (χ3v) is 3.67. The molecule has 120 valence electrons. The number of hydrogen-bond acceptors (Lipinski definition) is 5. The second-order valence-corrected chi connectivity index (χ2v) is 5.17. The minimum absolute atomic E-state index is 0.160. The van der Waals surface area contributed by atoms with Crippen molar-refractivity contribution < 1.29 is 9.21 Å². The van der Waals surface area contributed by atoms with Gasteiger partial charge in [0.2, 0.25) is 5.89 Å². The van der Waals surface area contributed by atoms with Gasteiger partial charge in [-0.2, -0.15) is 0 Å². The zero-order valence-electron chi connectivity index (χ0n) is 13.0. The highest BCUT2D eigenvalue weighted by Crippen LogP contribution is 2.12. The molecule has 0 aliphatic carbocycles. The second-order valence-electron chi connectivity index (χ2n) is 5.17. The van der Waals surface area contributed by atoms with E-state index in [1.54, 1.807) is 4.90 Å². The molecule has 23 heavy (non-hydrogen) atoms. The quantitative estimate of drug-likeness (QED) is 0.721. The molecular weight excluding hydrogens is 294 g/mol. The van der Waals surface area contributed by atoms with Crippen LogP contribution in [0.5, 0.6) is 0 Å². The minimum Gasteiger partial charge on any atom is -0.447 e. The van der Waals surface area contributed by atoms with Gasteiger partial charge in [0.15, 0.2) is 5.69 Å². The van der Waals surface area contributed by atoms with Crippen LogP contribution in [0.3, 0.4) is 0 Å². The number of imidazole rings is 1. The number of amides is 1. The summed E-state index contributed by atoms with van der Waals surface area (Å²) >= 11 is 0. The van der Waals surface area contributed by atoms with Crippen molar-refractivity contribution in [2.75, 3.05) is 13.1 Å². The molecule has 7 nitrogen and oxygen atoms in total. The van der Waals surface area contributed by atoms with Gasteiger partial charge in [-0.05, 0) is 19.1 Å². The monoisotopic (exact) mass is 313 g/mol. The first kappa shape index (κ1) is 15.2. The Kier molecular flexibility index (Phi) is 4.38. The molecule has 3 rings (SSSR count). The van der Waals surface area contributed by atoms with Gasteiger partial charge in [-0.3, -0.25) is 4.79 Å². The summed E-state index contributed by atoms with van der Waals surface area (Å²) in [5, 5.41) is 0. The molecular formula is C16H19N5O2. The number of aromatic amines is 1. The molecule has 1 amide bonds. The smallest absolute Gasteiger partial charge is 0.275 e. The molecule has 0 spiro atoms. The van der Waals surface area contributed by atoms with Gasteiger partial charge in [-0.25, -0.2) is 9.97 Å². The van der Waals surface area contributed by atoms with Crippen molar-refractivity contribution in [3.63, 3.8) is 0 Å². The molecule has 0 bridgehead atoms. The first-order valence-corrected chi connectivity index (χ1v) is 7.58. The van der Waals surface area contributed by atoms with Crippen LogP contribution in [0.1, 0.15) is 29.1 Å². The van der Waals surface area contributed by atoms with Crippen molar-refractivity contribution in [3.05, 3.63) is 47.9 Å². The van der Waals surface area contributed by atoms with Crippen molar-refractivity contribution in [2.45, 2.75) is 19.9 Å². The number of hydrogen-bond donors (Lipinski definition) is 2. The predicted molar refractivity (Wildman–Crippen MR) is 85.8 cm³/mol. The minimum atomic E-state index is -0.160. The molecule has 0 aliphatic rings. The molecule has 0 radical (unpaired) electrons. The lowest BCUT2D eigenvalue weighted by Gasteiger charge is -2.18. The highest BCUT2D eigenvalue weighted by molar-refractivity contribution is 5.92. The molecule has 3 N–H and O–H groups in total. The number of carbonyl (C=O) groups is 1. The van der Waals surface area contributed by atoms with Crippen LogP contribution in [0.15, 0.2) is 34.9 Å². The van der Waals surface area contributed by atoms with E-state index in [1.165, 1.54) is 6.26 Å². The van der Waals surface area contributed by atoms with Crippen LogP contribution < -0.4 is 5.73 Å². The molecule has 0 aliphatic heterocycles. The van der Waals surface area contributed by atoms with Crippen LogP contribution >= 0.6 is 0 Å². The number of benzene rings is 1. The van der Waals surface area contributed by atoms with E-state index in [9.17, 15) is 4.79 Å². The van der Waals surface area contributed by atoms with Crippen LogP contribution in [0, 0.1) is 0 Å². The van der Waals surface area contributed by atoms with Gasteiger partial charge in [0.25, 0.3) is 5.91 Å². The van der Waals surface area contributed by atoms with Gasteiger partial charge in [-0.15, -0.1) is 0 Å². The van der Waals surface area contributed by atoms with Crippen LogP contribution in [-0.4, -0.2) is 38.8 Å². The third kappa shape index (κ3) is 3.24. The molecule has 0 saturated heterocycles. The standard InChI is InChI=1S/C16H19N5O2/c1-2-21(16(22)13-10-23-15(9-17)20-13)8-7-14-18-11-5-3-4-6-12(11)19-14/h3-6,10H,2,7-9,17H2,1H3,(H,18,19). The van der Waals surface area contributed by atoms with E-state index in [-0.39, 0.29) is 18.1 Å². The summed E-state index contributed by atoms with van der Waals surface area (Å²) in [6.07, 6.45) is 2.00. The summed E-state index contributed by atoms with van der Waals surface area (Å²) in [6, 6.07) is 7.86. The second kappa shape index (κ2) is 6.62. The van der Waals surface area contributed by atoms with E-state index in [2.05, 4.69) is 15.0 Å². The van der Waals surface area contributed by atoms with Crippen molar-refractivity contribution in [3.8, 4) is 0 Å². The number of oxazole rings is 1. The predicted octanol–water partition coefficient (Wildman–Crippen LogP) is 1.71. The Morgan fingerprint density at radius 1 is 1.35 bits per heavy atom. The molecule has 0 fully saturated rings. The van der Waals surface area contributed by atoms with E-state index in [1.807, 2.05) is 31.2 Å². The molecule has 0 atom stereocenters. The maximum atomic E-state index is 12.4. The summed E-state index contributed by atoms with van der Waals surface area (Å²) in [6.45, 7) is 3.25. The Balaban J connectivity index is 1.67. The van der Waals surface area contributed by atoms with Gasteiger partial charge in [0.05, 0.1) is 17.6 Å². The molecule has 3 aromatic rings. The topological polar surface area (TPSA) is 101 Å². The first-order valence-electron chi connectivity index (χ1n) is 7.58. The number of rotatable bonds is 6. The number of para-hydroxylation sites is 2. The highest BCUT2D eigenvalue weighted by Gasteiger charge is 2.18. The van der Waals surface area contributed by atoms with Crippen molar-refractivity contribution in [1.82, 2.24) is 19.9 Å². The van der Waals surface area contributed by atoms with Gasteiger partial charge >= 0.3 is 0 Å².